The average molecular weight is 354 g/mol. The molecule has 0 spiro atoms. The predicted octanol–water partition coefficient (Wildman–Crippen LogP) is 3.49. The number of hydrogen-bond acceptors (Lipinski definition) is 7. The van der Waals surface area contributed by atoms with Gasteiger partial charge in [0, 0.05) is 30.6 Å². The number of hydrogen-bond donors (Lipinski definition) is 1. The SMILES string of the molecule is Cc1csc(NC2CCN(c3ncc([N+](=O)[O-])cc3Cl)CC2)n1. The van der Waals surface area contributed by atoms with E-state index in [1.165, 1.54) is 12.3 Å². The van der Waals surface area contributed by atoms with Gasteiger partial charge in [0.25, 0.3) is 5.69 Å². The molecule has 2 aromatic heterocycles. The lowest BCUT2D eigenvalue weighted by molar-refractivity contribution is -0.385. The largest absolute Gasteiger partial charge is 0.359 e. The molecule has 0 bridgehead atoms. The molecule has 2 aromatic rings. The summed E-state index contributed by atoms with van der Waals surface area (Å²) in [6.07, 6.45) is 3.13. The summed E-state index contributed by atoms with van der Waals surface area (Å²) in [5.74, 6) is 0.612. The van der Waals surface area contributed by atoms with E-state index in [4.69, 9.17) is 11.6 Å². The molecule has 9 heteroatoms. The molecular weight excluding hydrogens is 338 g/mol. The van der Waals surface area contributed by atoms with Crippen LogP contribution in [0.3, 0.4) is 0 Å². The number of aromatic nitrogens is 2. The lowest BCUT2D eigenvalue weighted by Crippen LogP contribution is -2.39. The smallest absolute Gasteiger partial charge is 0.289 e. The van der Waals surface area contributed by atoms with Crippen LogP contribution < -0.4 is 10.2 Å². The summed E-state index contributed by atoms with van der Waals surface area (Å²) < 4.78 is 0. The van der Waals surface area contributed by atoms with Gasteiger partial charge in [-0.05, 0) is 19.8 Å². The highest BCUT2D eigenvalue weighted by molar-refractivity contribution is 7.13. The summed E-state index contributed by atoms with van der Waals surface area (Å²) in [7, 11) is 0. The van der Waals surface area contributed by atoms with E-state index >= 15 is 0 Å². The number of piperidine rings is 1. The molecular formula is C14H16ClN5O2S. The summed E-state index contributed by atoms with van der Waals surface area (Å²) in [6.45, 7) is 3.58. The van der Waals surface area contributed by atoms with Crippen molar-refractivity contribution < 1.29 is 4.92 Å². The van der Waals surface area contributed by atoms with Crippen molar-refractivity contribution in [3.63, 3.8) is 0 Å². The molecule has 122 valence electrons. The van der Waals surface area contributed by atoms with Crippen molar-refractivity contribution in [2.24, 2.45) is 0 Å². The van der Waals surface area contributed by atoms with Crippen molar-refractivity contribution in [3.05, 3.63) is 38.5 Å². The highest BCUT2D eigenvalue weighted by Crippen LogP contribution is 2.29. The summed E-state index contributed by atoms with van der Waals surface area (Å²) in [4.78, 5) is 20.9. The highest BCUT2D eigenvalue weighted by atomic mass is 35.5. The molecule has 7 nitrogen and oxygen atoms in total. The molecule has 3 rings (SSSR count). The molecule has 0 atom stereocenters. The van der Waals surface area contributed by atoms with E-state index < -0.39 is 4.92 Å². The number of thiazole rings is 1. The van der Waals surface area contributed by atoms with E-state index in [1.54, 1.807) is 11.3 Å². The molecule has 23 heavy (non-hydrogen) atoms. The normalized spacial score (nSPS) is 15.7. The molecule has 0 aliphatic carbocycles. The van der Waals surface area contributed by atoms with Gasteiger partial charge in [-0.15, -0.1) is 11.3 Å². The van der Waals surface area contributed by atoms with Gasteiger partial charge in [-0.2, -0.15) is 0 Å². The quantitative estimate of drug-likeness (QED) is 0.669. The molecule has 1 fully saturated rings. The first-order valence-electron chi connectivity index (χ1n) is 7.26. The second kappa shape index (κ2) is 6.67. The number of nitrogens with one attached hydrogen (secondary N) is 1. The van der Waals surface area contributed by atoms with Gasteiger partial charge in [-0.25, -0.2) is 9.97 Å². The standard InChI is InChI=1S/C14H16ClN5O2S/c1-9-8-23-14(17-9)18-10-2-4-19(5-3-10)13-12(15)6-11(7-16-13)20(21)22/h6-8,10H,2-5H2,1H3,(H,17,18). The second-order valence-electron chi connectivity index (χ2n) is 5.46. The van der Waals surface area contributed by atoms with Crippen LogP contribution >= 0.6 is 22.9 Å². The van der Waals surface area contributed by atoms with Crippen molar-refractivity contribution in [2.75, 3.05) is 23.3 Å². The lowest BCUT2D eigenvalue weighted by atomic mass is 10.1. The van der Waals surface area contributed by atoms with E-state index in [9.17, 15) is 10.1 Å². The minimum atomic E-state index is -0.491. The third kappa shape index (κ3) is 3.70. The predicted molar refractivity (Wildman–Crippen MR) is 91.6 cm³/mol. The Labute approximate surface area is 142 Å². The molecule has 1 N–H and O–H groups in total. The zero-order valence-corrected chi connectivity index (χ0v) is 14.1. The van der Waals surface area contributed by atoms with Crippen LogP contribution in [-0.4, -0.2) is 34.0 Å². The summed E-state index contributed by atoms with van der Waals surface area (Å²) in [5.41, 5.74) is 0.936. The van der Waals surface area contributed by atoms with Crippen LogP contribution in [0.5, 0.6) is 0 Å². The fourth-order valence-corrected chi connectivity index (χ4v) is 3.63. The maximum Gasteiger partial charge on any atom is 0.289 e. The van der Waals surface area contributed by atoms with Crippen molar-refractivity contribution in [2.45, 2.75) is 25.8 Å². The second-order valence-corrected chi connectivity index (χ2v) is 6.72. The average Bonchev–Trinajstić information content (AvgIpc) is 2.93. The Balaban J connectivity index is 1.61. The lowest BCUT2D eigenvalue weighted by Gasteiger charge is -2.33. The number of anilines is 2. The number of halogens is 1. The minimum absolute atomic E-state index is 0.0885. The van der Waals surface area contributed by atoms with E-state index in [0.29, 0.717) is 16.9 Å². The van der Waals surface area contributed by atoms with Crippen LogP contribution in [-0.2, 0) is 0 Å². The fourth-order valence-electron chi connectivity index (χ4n) is 2.58. The molecule has 0 aromatic carbocycles. The summed E-state index contributed by atoms with van der Waals surface area (Å²) in [5, 5.41) is 17.5. The molecule has 1 aliphatic rings. The zero-order valence-electron chi connectivity index (χ0n) is 12.5. The van der Waals surface area contributed by atoms with Crippen LogP contribution in [0.1, 0.15) is 18.5 Å². The fraction of sp³-hybridized carbons (Fsp3) is 0.429. The van der Waals surface area contributed by atoms with Crippen LogP contribution in [0.4, 0.5) is 16.6 Å². The van der Waals surface area contributed by atoms with Gasteiger partial charge < -0.3 is 10.2 Å². The Bertz CT molecular complexity index is 715. The molecule has 3 heterocycles. The first kappa shape index (κ1) is 15.9. The van der Waals surface area contributed by atoms with Gasteiger partial charge in [0.2, 0.25) is 0 Å². The van der Waals surface area contributed by atoms with Crippen molar-refractivity contribution in [3.8, 4) is 0 Å². The van der Waals surface area contributed by atoms with E-state index in [2.05, 4.69) is 20.2 Å². The minimum Gasteiger partial charge on any atom is -0.359 e. The maximum absolute atomic E-state index is 10.7. The highest BCUT2D eigenvalue weighted by Gasteiger charge is 2.23. The molecule has 0 amide bonds. The first-order chi connectivity index (χ1) is 11.0. The Morgan fingerprint density at radius 1 is 1.48 bits per heavy atom. The van der Waals surface area contributed by atoms with Gasteiger partial charge in [0.15, 0.2) is 5.13 Å². The number of nitrogens with zero attached hydrogens (tertiary/aromatic N) is 4. The number of rotatable bonds is 4. The maximum atomic E-state index is 10.7. The Morgan fingerprint density at radius 3 is 2.78 bits per heavy atom. The molecule has 0 unspecified atom stereocenters. The third-order valence-electron chi connectivity index (χ3n) is 3.76. The van der Waals surface area contributed by atoms with E-state index in [0.717, 1.165) is 36.8 Å². The topological polar surface area (TPSA) is 84.2 Å². The summed E-state index contributed by atoms with van der Waals surface area (Å²) >= 11 is 7.76. The molecule has 1 aliphatic heterocycles. The van der Waals surface area contributed by atoms with Gasteiger partial charge in [-0.1, -0.05) is 11.6 Å². The molecule has 0 saturated carbocycles. The third-order valence-corrected chi connectivity index (χ3v) is 4.93. The van der Waals surface area contributed by atoms with Gasteiger partial charge in [0.05, 0.1) is 15.6 Å². The number of aryl methyl sites for hydroxylation is 1. The Morgan fingerprint density at radius 2 is 2.22 bits per heavy atom. The van der Waals surface area contributed by atoms with Crippen LogP contribution in [0.2, 0.25) is 5.02 Å². The number of pyridine rings is 1. The number of nitro groups is 1. The zero-order chi connectivity index (χ0) is 16.4. The monoisotopic (exact) mass is 353 g/mol. The molecule has 1 saturated heterocycles. The first-order valence-corrected chi connectivity index (χ1v) is 8.52. The Hall–Kier alpha value is -1.93. The van der Waals surface area contributed by atoms with E-state index in [-0.39, 0.29) is 5.69 Å². The Kier molecular flexibility index (Phi) is 4.63. The van der Waals surface area contributed by atoms with Crippen LogP contribution in [0.15, 0.2) is 17.6 Å². The van der Waals surface area contributed by atoms with Crippen molar-refractivity contribution in [1.82, 2.24) is 9.97 Å². The molecule has 0 radical (unpaired) electrons. The van der Waals surface area contributed by atoms with Gasteiger partial charge in [-0.3, -0.25) is 10.1 Å². The van der Waals surface area contributed by atoms with Crippen LogP contribution in [0.25, 0.3) is 0 Å². The van der Waals surface area contributed by atoms with Crippen LogP contribution in [0, 0.1) is 17.0 Å². The summed E-state index contributed by atoms with van der Waals surface area (Å²) in [6, 6.07) is 1.72. The van der Waals surface area contributed by atoms with Gasteiger partial charge in [0.1, 0.15) is 12.0 Å². The van der Waals surface area contributed by atoms with Gasteiger partial charge >= 0.3 is 0 Å². The van der Waals surface area contributed by atoms with Crippen molar-refractivity contribution >= 4 is 39.6 Å². The van der Waals surface area contributed by atoms with Crippen molar-refractivity contribution in [1.29, 1.82) is 0 Å². The van der Waals surface area contributed by atoms with E-state index in [1.807, 2.05) is 12.3 Å².